The van der Waals surface area contributed by atoms with Gasteiger partial charge in [0.25, 0.3) is 0 Å². The maximum absolute atomic E-state index is 11.5. The Bertz CT molecular complexity index is 651. The molecule has 1 N–H and O–H groups in total. The second-order valence-corrected chi connectivity index (χ2v) is 6.47. The molecular formula is C15H18N4O2S. The average Bonchev–Trinajstić information content (AvgIpc) is 2.95. The molecule has 7 heteroatoms. The molecule has 22 heavy (non-hydrogen) atoms. The molecule has 2 aromatic heterocycles. The number of aromatic carboxylic acids is 1. The van der Waals surface area contributed by atoms with Crippen molar-refractivity contribution in [3.05, 3.63) is 34.3 Å². The highest BCUT2D eigenvalue weighted by molar-refractivity contribution is 7.14. The fourth-order valence-electron chi connectivity index (χ4n) is 2.45. The molecule has 3 rings (SSSR count). The molecule has 1 saturated heterocycles. The van der Waals surface area contributed by atoms with Crippen LogP contribution in [0.1, 0.15) is 14.7 Å². The molecule has 6 nitrogen and oxygen atoms in total. The number of thiazole rings is 1. The van der Waals surface area contributed by atoms with Crippen LogP contribution in [0.2, 0.25) is 0 Å². The first-order chi connectivity index (χ1) is 10.6. The zero-order valence-corrected chi connectivity index (χ0v) is 13.2. The Hall–Kier alpha value is -1.83. The normalized spacial score (nSPS) is 16.8. The van der Waals surface area contributed by atoms with E-state index in [4.69, 9.17) is 0 Å². The Morgan fingerprint density at radius 2 is 2.09 bits per heavy atom. The molecule has 0 unspecified atom stereocenters. The molecule has 3 heterocycles. The van der Waals surface area contributed by atoms with Gasteiger partial charge in [-0.1, -0.05) is 6.07 Å². The summed E-state index contributed by atoms with van der Waals surface area (Å²) in [6.07, 6.45) is 1.65. The Labute approximate surface area is 133 Å². The van der Waals surface area contributed by atoms with Gasteiger partial charge in [0.05, 0.1) is 12.2 Å². The molecule has 0 atom stereocenters. The predicted octanol–water partition coefficient (Wildman–Crippen LogP) is 1.65. The van der Waals surface area contributed by atoms with Crippen LogP contribution in [-0.2, 0) is 6.54 Å². The van der Waals surface area contributed by atoms with E-state index in [1.165, 1.54) is 11.3 Å². The third-order valence-electron chi connectivity index (χ3n) is 3.73. The Balaban J connectivity index is 1.83. The topological polar surface area (TPSA) is 69.6 Å². The fourth-order valence-corrected chi connectivity index (χ4v) is 3.40. The van der Waals surface area contributed by atoms with E-state index < -0.39 is 5.97 Å². The first-order valence-electron chi connectivity index (χ1n) is 7.19. The van der Waals surface area contributed by atoms with E-state index in [1.54, 1.807) is 18.3 Å². The second kappa shape index (κ2) is 6.51. The van der Waals surface area contributed by atoms with Crippen LogP contribution in [0.5, 0.6) is 0 Å². The minimum Gasteiger partial charge on any atom is -0.477 e. The van der Waals surface area contributed by atoms with Crippen molar-refractivity contribution >= 4 is 17.3 Å². The molecule has 0 amide bonds. The van der Waals surface area contributed by atoms with Crippen molar-refractivity contribution in [1.82, 2.24) is 19.8 Å². The monoisotopic (exact) mass is 318 g/mol. The molecule has 0 aromatic carbocycles. The maximum Gasteiger partial charge on any atom is 0.348 e. The summed E-state index contributed by atoms with van der Waals surface area (Å²) >= 11 is 1.25. The van der Waals surface area contributed by atoms with Crippen molar-refractivity contribution in [2.45, 2.75) is 6.54 Å². The molecule has 0 radical (unpaired) electrons. The molecule has 1 aliphatic heterocycles. The largest absolute Gasteiger partial charge is 0.477 e. The van der Waals surface area contributed by atoms with E-state index >= 15 is 0 Å². The zero-order chi connectivity index (χ0) is 15.5. The third kappa shape index (κ3) is 3.32. The number of aromatic nitrogens is 2. The minimum atomic E-state index is -0.942. The fraction of sp³-hybridized carbons (Fsp3) is 0.400. The van der Waals surface area contributed by atoms with Gasteiger partial charge in [0.15, 0.2) is 0 Å². The Kier molecular flexibility index (Phi) is 4.47. The van der Waals surface area contributed by atoms with Crippen molar-refractivity contribution < 1.29 is 9.90 Å². The summed E-state index contributed by atoms with van der Waals surface area (Å²) < 4.78 is 0. The van der Waals surface area contributed by atoms with Gasteiger partial charge in [-0.2, -0.15) is 0 Å². The SMILES string of the molecule is CN1CCN(Cc2nc(-c3ccccn3)c(C(=O)O)s2)CC1. The first kappa shape index (κ1) is 15.1. The van der Waals surface area contributed by atoms with Crippen LogP contribution < -0.4 is 0 Å². The summed E-state index contributed by atoms with van der Waals surface area (Å²) in [6, 6.07) is 5.44. The van der Waals surface area contributed by atoms with E-state index in [2.05, 4.69) is 26.8 Å². The van der Waals surface area contributed by atoms with Crippen LogP contribution in [0.15, 0.2) is 24.4 Å². The van der Waals surface area contributed by atoms with Gasteiger partial charge in [-0.25, -0.2) is 9.78 Å². The van der Waals surface area contributed by atoms with E-state index in [1.807, 2.05) is 6.07 Å². The molecule has 0 saturated carbocycles. The van der Waals surface area contributed by atoms with Crippen molar-refractivity contribution in [1.29, 1.82) is 0 Å². The summed E-state index contributed by atoms with van der Waals surface area (Å²) in [6.45, 7) is 4.73. The zero-order valence-electron chi connectivity index (χ0n) is 12.4. The predicted molar refractivity (Wildman–Crippen MR) is 85.1 cm³/mol. The maximum atomic E-state index is 11.5. The number of hydrogen-bond donors (Lipinski definition) is 1. The van der Waals surface area contributed by atoms with Gasteiger partial charge in [-0.05, 0) is 19.2 Å². The number of carboxylic acids is 1. The minimum absolute atomic E-state index is 0.267. The van der Waals surface area contributed by atoms with Crippen LogP contribution in [0.4, 0.5) is 0 Å². The smallest absolute Gasteiger partial charge is 0.348 e. The molecule has 2 aromatic rings. The van der Waals surface area contributed by atoms with Gasteiger partial charge in [-0.3, -0.25) is 9.88 Å². The average molecular weight is 318 g/mol. The second-order valence-electron chi connectivity index (χ2n) is 5.38. The molecule has 1 fully saturated rings. The quantitative estimate of drug-likeness (QED) is 0.924. The van der Waals surface area contributed by atoms with E-state index in [-0.39, 0.29) is 4.88 Å². The van der Waals surface area contributed by atoms with Gasteiger partial charge in [0, 0.05) is 32.4 Å². The van der Waals surface area contributed by atoms with Crippen LogP contribution in [0.25, 0.3) is 11.4 Å². The highest BCUT2D eigenvalue weighted by atomic mass is 32.1. The highest BCUT2D eigenvalue weighted by Crippen LogP contribution is 2.27. The molecular weight excluding hydrogens is 300 g/mol. The lowest BCUT2D eigenvalue weighted by molar-refractivity contribution is 0.0702. The van der Waals surface area contributed by atoms with Gasteiger partial charge < -0.3 is 10.0 Å². The van der Waals surface area contributed by atoms with Crippen LogP contribution in [-0.4, -0.2) is 64.1 Å². The first-order valence-corrected chi connectivity index (χ1v) is 8.00. The van der Waals surface area contributed by atoms with E-state index in [9.17, 15) is 9.90 Å². The third-order valence-corrected chi connectivity index (χ3v) is 4.76. The van der Waals surface area contributed by atoms with Crippen LogP contribution in [0, 0.1) is 0 Å². The summed E-state index contributed by atoms with van der Waals surface area (Å²) in [5.41, 5.74) is 1.09. The molecule has 0 bridgehead atoms. The van der Waals surface area contributed by atoms with E-state index in [0.717, 1.165) is 31.2 Å². The van der Waals surface area contributed by atoms with Crippen molar-refractivity contribution in [3.63, 3.8) is 0 Å². The van der Waals surface area contributed by atoms with Gasteiger partial charge in [0.2, 0.25) is 0 Å². The summed E-state index contributed by atoms with van der Waals surface area (Å²) in [7, 11) is 2.11. The number of rotatable bonds is 4. The Morgan fingerprint density at radius 3 is 2.73 bits per heavy atom. The molecule has 116 valence electrons. The van der Waals surface area contributed by atoms with Crippen molar-refractivity contribution in [3.8, 4) is 11.4 Å². The summed E-state index contributed by atoms with van der Waals surface area (Å²) in [5.74, 6) is -0.942. The van der Waals surface area contributed by atoms with Gasteiger partial charge in [-0.15, -0.1) is 11.3 Å². The molecule has 0 spiro atoms. The van der Waals surface area contributed by atoms with Crippen molar-refractivity contribution in [2.75, 3.05) is 33.2 Å². The number of carbonyl (C=O) groups is 1. The van der Waals surface area contributed by atoms with Gasteiger partial charge in [0.1, 0.15) is 15.6 Å². The summed E-state index contributed by atoms with van der Waals surface area (Å²) in [5, 5.41) is 10.2. The molecule has 1 aliphatic rings. The van der Waals surface area contributed by atoms with Crippen LogP contribution >= 0.6 is 11.3 Å². The number of pyridine rings is 1. The number of nitrogens with zero attached hydrogens (tertiary/aromatic N) is 4. The summed E-state index contributed by atoms with van der Waals surface area (Å²) in [4.78, 5) is 25.1. The highest BCUT2D eigenvalue weighted by Gasteiger charge is 2.22. The van der Waals surface area contributed by atoms with Gasteiger partial charge >= 0.3 is 5.97 Å². The number of piperazine rings is 1. The lowest BCUT2D eigenvalue weighted by atomic mass is 10.2. The lowest BCUT2D eigenvalue weighted by Crippen LogP contribution is -2.43. The van der Waals surface area contributed by atoms with Crippen LogP contribution in [0.3, 0.4) is 0 Å². The van der Waals surface area contributed by atoms with Crippen molar-refractivity contribution in [2.24, 2.45) is 0 Å². The standard InChI is InChI=1S/C15H18N4O2S/c1-18-6-8-19(9-7-18)10-12-17-13(14(22-12)15(20)21)11-4-2-3-5-16-11/h2-5H,6-10H2,1H3,(H,20,21). The lowest BCUT2D eigenvalue weighted by Gasteiger charge is -2.31. The van der Waals surface area contributed by atoms with E-state index in [0.29, 0.717) is 17.9 Å². The number of likely N-dealkylation sites (N-methyl/N-ethyl adjacent to an activating group) is 1. The Morgan fingerprint density at radius 1 is 1.32 bits per heavy atom. The number of hydrogen-bond acceptors (Lipinski definition) is 6. The number of carboxylic acid groups (broad SMARTS) is 1. The molecule has 0 aliphatic carbocycles.